The maximum atomic E-state index is 3.61. The van der Waals surface area contributed by atoms with E-state index >= 15 is 0 Å². The molecule has 0 amide bonds. The molecule has 1 aromatic rings. The number of hydrogen-bond donors (Lipinski definition) is 0. The van der Waals surface area contributed by atoms with Crippen LogP contribution in [0.25, 0.3) is 6.08 Å². The molecule has 1 aliphatic carbocycles. The maximum absolute atomic E-state index is 3.61. The second-order valence-corrected chi connectivity index (χ2v) is 11.9. The first kappa shape index (κ1) is 11.7. The van der Waals surface area contributed by atoms with Crippen molar-refractivity contribution >= 4 is 14.1 Å². The van der Waals surface area contributed by atoms with Crippen LogP contribution in [-0.2, 0) is 0 Å². The van der Waals surface area contributed by atoms with Gasteiger partial charge in [-0.05, 0) is 22.2 Å². The Labute approximate surface area is 100 Å². The summed E-state index contributed by atoms with van der Waals surface area (Å²) in [4.78, 5) is 0. The van der Waals surface area contributed by atoms with Crippen molar-refractivity contribution < 1.29 is 0 Å². The summed E-state index contributed by atoms with van der Waals surface area (Å²) in [6.07, 6.45) is 5.79. The Hall–Kier alpha value is -0.823. The third-order valence-corrected chi connectivity index (χ3v) is 10.2. The van der Waals surface area contributed by atoms with Crippen LogP contribution >= 0.6 is 0 Å². The van der Waals surface area contributed by atoms with Crippen molar-refractivity contribution in [2.24, 2.45) is 0 Å². The molecule has 1 aromatic carbocycles. The first-order valence-electron chi connectivity index (χ1n) is 6.02. The van der Waals surface area contributed by atoms with Crippen molar-refractivity contribution in [2.75, 3.05) is 0 Å². The molecule has 85 valence electrons. The summed E-state index contributed by atoms with van der Waals surface area (Å²) in [5, 5.41) is 0.413. The molecule has 16 heavy (non-hydrogen) atoms. The summed E-state index contributed by atoms with van der Waals surface area (Å²) < 4.78 is 0. The molecule has 0 saturated heterocycles. The molecule has 2 rings (SSSR count). The fourth-order valence-electron chi connectivity index (χ4n) is 2.20. The van der Waals surface area contributed by atoms with Gasteiger partial charge in [0, 0.05) is 5.54 Å². The third-order valence-electron chi connectivity index (χ3n) is 4.37. The SMILES string of the molecule is CC(C)(C)[Si](C)(C)C1[C]=Cc2ccccc21. The standard InChI is InChI=1S/C15H21Si/c1-15(2,3)16(4,5)14-11-10-12-8-6-7-9-13(12)14/h6-10,14H,1-5H3. The average Bonchev–Trinajstić information content (AvgIpc) is 2.59. The lowest BCUT2D eigenvalue weighted by atomic mass is 10.1. The second-order valence-electron chi connectivity index (χ2n) is 6.34. The second kappa shape index (κ2) is 3.59. The van der Waals surface area contributed by atoms with Crippen LogP contribution in [0.4, 0.5) is 0 Å². The molecule has 0 bridgehead atoms. The van der Waals surface area contributed by atoms with Gasteiger partial charge < -0.3 is 0 Å². The monoisotopic (exact) mass is 229 g/mol. The van der Waals surface area contributed by atoms with Gasteiger partial charge in [-0.15, -0.1) is 0 Å². The van der Waals surface area contributed by atoms with Crippen LogP contribution in [0.5, 0.6) is 0 Å². The molecule has 1 radical (unpaired) electrons. The van der Waals surface area contributed by atoms with Crippen molar-refractivity contribution in [3.63, 3.8) is 0 Å². The van der Waals surface area contributed by atoms with Crippen molar-refractivity contribution in [3.05, 3.63) is 41.5 Å². The van der Waals surface area contributed by atoms with E-state index in [1.807, 2.05) is 0 Å². The van der Waals surface area contributed by atoms with Crippen molar-refractivity contribution in [2.45, 2.75) is 44.4 Å². The highest BCUT2D eigenvalue weighted by Gasteiger charge is 2.43. The molecule has 0 aliphatic heterocycles. The Kier molecular flexibility index (Phi) is 2.62. The lowest BCUT2D eigenvalue weighted by Crippen LogP contribution is -2.43. The van der Waals surface area contributed by atoms with Crippen molar-refractivity contribution in [1.29, 1.82) is 0 Å². The average molecular weight is 229 g/mol. The molecule has 0 fully saturated rings. The van der Waals surface area contributed by atoms with Crippen LogP contribution in [0.1, 0.15) is 37.4 Å². The third kappa shape index (κ3) is 1.67. The number of hydrogen-bond acceptors (Lipinski definition) is 0. The summed E-state index contributed by atoms with van der Waals surface area (Å²) in [5.41, 5.74) is 3.43. The molecular weight excluding hydrogens is 208 g/mol. The number of fused-ring (bicyclic) bond motifs is 1. The minimum atomic E-state index is -1.37. The first-order chi connectivity index (χ1) is 7.34. The molecule has 0 heterocycles. The van der Waals surface area contributed by atoms with Crippen LogP contribution in [0.3, 0.4) is 0 Å². The summed E-state index contributed by atoms with van der Waals surface area (Å²) in [6, 6.07) is 8.75. The highest BCUT2D eigenvalue weighted by Crippen LogP contribution is 2.47. The van der Waals surface area contributed by atoms with E-state index in [2.05, 4.69) is 70.3 Å². The predicted octanol–water partition coefficient (Wildman–Crippen LogP) is 4.65. The lowest BCUT2D eigenvalue weighted by molar-refractivity contribution is 0.704. The topological polar surface area (TPSA) is 0 Å². The van der Waals surface area contributed by atoms with Crippen LogP contribution in [-0.4, -0.2) is 8.07 Å². The Bertz CT molecular complexity index is 421. The summed E-state index contributed by atoms with van der Waals surface area (Å²) in [5.74, 6) is 0. The molecular formula is C15H21Si. The molecule has 0 aromatic heterocycles. The number of benzene rings is 1. The molecule has 0 spiro atoms. The number of rotatable bonds is 1. The highest BCUT2D eigenvalue weighted by atomic mass is 28.3. The zero-order valence-electron chi connectivity index (χ0n) is 11.0. The van der Waals surface area contributed by atoms with Gasteiger partial charge in [0.25, 0.3) is 0 Å². The van der Waals surface area contributed by atoms with Crippen LogP contribution < -0.4 is 0 Å². The van der Waals surface area contributed by atoms with Gasteiger partial charge >= 0.3 is 0 Å². The first-order valence-corrected chi connectivity index (χ1v) is 9.10. The zero-order valence-corrected chi connectivity index (χ0v) is 12.0. The molecule has 0 N–H and O–H groups in total. The highest BCUT2D eigenvalue weighted by molar-refractivity contribution is 6.81. The Morgan fingerprint density at radius 1 is 1.12 bits per heavy atom. The molecule has 0 nitrogen and oxygen atoms in total. The van der Waals surface area contributed by atoms with Crippen LogP contribution in [0, 0.1) is 6.08 Å². The van der Waals surface area contributed by atoms with E-state index in [1.165, 1.54) is 11.1 Å². The van der Waals surface area contributed by atoms with Gasteiger partial charge in [0.05, 0.1) is 8.07 Å². The van der Waals surface area contributed by atoms with Crippen LogP contribution in [0.15, 0.2) is 24.3 Å². The van der Waals surface area contributed by atoms with Gasteiger partial charge in [0.2, 0.25) is 0 Å². The largest absolute Gasteiger partial charge is 0.0682 e. The van der Waals surface area contributed by atoms with Gasteiger partial charge in [0.15, 0.2) is 0 Å². The van der Waals surface area contributed by atoms with Gasteiger partial charge in [-0.1, -0.05) is 64.2 Å². The smallest absolute Gasteiger partial charge is 0.0657 e. The summed E-state index contributed by atoms with van der Waals surface area (Å²) in [7, 11) is -1.37. The molecule has 1 atom stereocenters. The van der Waals surface area contributed by atoms with E-state index in [1.54, 1.807) is 0 Å². The Balaban J connectivity index is 2.43. The summed E-state index contributed by atoms with van der Waals surface area (Å²) >= 11 is 0. The van der Waals surface area contributed by atoms with E-state index in [4.69, 9.17) is 0 Å². The molecule has 0 saturated carbocycles. The van der Waals surface area contributed by atoms with Crippen molar-refractivity contribution in [1.82, 2.24) is 0 Å². The Morgan fingerprint density at radius 3 is 2.38 bits per heavy atom. The van der Waals surface area contributed by atoms with E-state index < -0.39 is 8.07 Å². The quantitative estimate of drug-likeness (QED) is 0.615. The lowest BCUT2D eigenvalue weighted by Gasteiger charge is -2.41. The molecule has 1 aliphatic rings. The predicted molar refractivity (Wildman–Crippen MR) is 74.1 cm³/mol. The van der Waals surface area contributed by atoms with E-state index in [0.717, 1.165) is 0 Å². The minimum Gasteiger partial charge on any atom is -0.0682 e. The zero-order chi connectivity index (χ0) is 12.0. The van der Waals surface area contributed by atoms with Gasteiger partial charge in [0.1, 0.15) is 0 Å². The van der Waals surface area contributed by atoms with Crippen molar-refractivity contribution in [3.8, 4) is 0 Å². The van der Waals surface area contributed by atoms with Gasteiger partial charge in [-0.2, -0.15) is 0 Å². The molecule has 1 unspecified atom stereocenters. The normalized spacial score (nSPS) is 19.9. The van der Waals surface area contributed by atoms with E-state index in [0.29, 0.717) is 10.6 Å². The Morgan fingerprint density at radius 2 is 1.75 bits per heavy atom. The number of allylic oxidation sites excluding steroid dienone is 1. The van der Waals surface area contributed by atoms with Gasteiger partial charge in [-0.3, -0.25) is 0 Å². The summed E-state index contributed by atoms with van der Waals surface area (Å²) in [6.45, 7) is 12.1. The van der Waals surface area contributed by atoms with Crippen LogP contribution in [0.2, 0.25) is 18.1 Å². The van der Waals surface area contributed by atoms with E-state index in [9.17, 15) is 0 Å². The minimum absolute atomic E-state index is 0.413. The van der Waals surface area contributed by atoms with Gasteiger partial charge in [-0.25, -0.2) is 0 Å². The van der Waals surface area contributed by atoms with E-state index in [-0.39, 0.29) is 0 Å². The maximum Gasteiger partial charge on any atom is 0.0657 e. The fourth-order valence-corrected chi connectivity index (χ4v) is 4.60. The fraction of sp³-hybridized carbons (Fsp3) is 0.467. The molecule has 1 heteroatoms.